The van der Waals surface area contributed by atoms with Gasteiger partial charge < -0.3 is 60.6 Å². The molecule has 0 aromatic rings. The Morgan fingerprint density at radius 1 is 0.650 bits per heavy atom. The minimum atomic E-state index is -1.56. The number of hydrogen-bond acceptors (Lipinski definition) is 9. The molecule has 0 aliphatic carbocycles. The molecule has 4 atom stereocenters. The van der Waals surface area contributed by atoms with E-state index in [0.717, 1.165) is 0 Å². The Morgan fingerprint density at radius 3 is 1.60 bits per heavy atom. The summed E-state index contributed by atoms with van der Waals surface area (Å²) < 4.78 is 0. The highest BCUT2D eigenvalue weighted by Gasteiger charge is 2.31. The smallest absolute Gasteiger partial charge is 0.326 e. The molecule has 0 radical (unpaired) electrons. The van der Waals surface area contributed by atoms with Crippen LogP contribution in [-0.2, 0) is 24.0 Å². The van der Waals surface area contributed by atoms with Gasteiger partial charge in [0.05, 0.1) is 12.5 Å². The number of nitrogens with one attached hydrogen (secondary N) is 3. The van der Waals surface area contributed by atoms with E-state index in [2.05, 4.69) is 25.9 Å². The summed E-state index contributed by atoms with van der Waals surface area (Å²) in [5.41, 5.74) is 32.3. The number of carbonyl (C=O) groups is 5. The minimum Gasteiger partial charge on any atom is -0.481 e. The summed E-state index contributed by atoms with van der Waals surface area (Å²) in [4.78, 5) is 69.1. The summed E-state index contributed by atoms with van der Waals surface area (Å²) >= 11 is 0. The first-order valence-electron chi connectivity index (χ1n) is 12.7. The largest absolute Gasteiger partial charge is 0.481 e. The maximum absolute atomic E-state index is 13.0. The van der Waals surface area contributed by atoms with Gasteiger partial charge in [-0.2, -0.15) is 0 Å². The SMILES string of the molecule is NCCCCC(N)C(=O)NC(CC(=O)O)C(=O)NC(CCCN=C(N)N)C(=O)NC(CCCN=C(N)N)C(=O)O. The van der Waals surface area contributed by atoms with E-state index in [0.29, 0.717) is 19.4 Å². The van der Waals surface area contributed by atoms with Gasteiger partial charge in [-0.1, -0.05) is 6.42 Å². The van der Waals surface area contributed by atoms with Crippen LogP contribution in [0.4, 0.5) is 0 Å². The van der Waals surface area contributed by atoms with E-state index >= 15 is 0 Å². The molecule has 0 bridgehead atoms. The van der Waals surface area contributed by atoms with Gasteiger partial charge in [-0.25, -0.2) is 4.79 Å². The van der Waals surface area contributed by atoms with Crippen molar-refractivity contribution in [3.05, 3.63) is 0 Å². The quantitative estimate of drug-likeness (QED) is 0.0351. The van der Waals surface area contributed by atoms with Crippen LogP contribution >= 0.6 is 0 Å². The lowest BCUT2D eigenvalue weighted by molar-refractivity contribution is -0.143. The number of aliphatic carboxylic acids is 2. The van der Waals surface area contributed by atoms with Crippen LogP contribution in [0.15, 0.2) is 9.98 Å². The van der Waals surface area contributed by atoms with Gasteiger partial charge in [-0.3, -0.25) is 29.2 Å². The Hall–Kier alpha value is -4.19. The summed E-state index contributed by atoms with van der Waals surface area (Å²) in [7, 11) is 0. The van der Waals surface area contributed by atoms with Crippen molar-refractivity contribution < 1.29 is 34.2 Å². The summed E-state index contributed by atoms with van der Waals surface area (Å²) in [6, 6.07) is -5.22. The number of guanidine groups is 2. The van der Waals surface area contributed by atoms with Crippen LogP contribution in [0.3, 0.4) is 0 Å². The predicted octanol–water partition coefficient (Wildman–Crippen LogP) is -4.44. The lowest BCUT2D eigenvalue weighted by atomic mass is 10.1. The van der Waals surface area contributed by atoms with E-state index in [1.807, 2.05) is 0 Å². The number of aliphatic imine (C=N–C) groups is 2. The fraction of sp³-hybridized carbons (Fsp3) is 0.682. The van der Waals surface area contributed by atoms with E-state index in [1.165, 1.54) is 0 Å². The van der Waals surface area contributed by atoms with Crippen molar-refractivity contribution in [3.8, 4) is 0 Å². The van der Waals surface area contributed by atoms with Crippen molar-refractivity contribution in [2.24, 2.45) is 44.4 Å². The third-order valence-corrected chi connectivity index (χ3v) is 5.46. The van der Waals surface area contributed by atoms with E-state index in [4.69, 9.17) is 34.4 Å². The van der Waals surface area contributed by atoms with Crippen LogP contribution in [0.2, 0.25) is 0 Å². The number of carboxylic acids is 2. The van der Waals surface area contributed by atoms with Crippen LogP contribution in [-0.4, -0.2) is 95.6 Å². The Morgan fingerprint density at radius 2 is 1.12 bits per heavy atom. The van der Waals surface area contributed by atoms with Gasteiger partial charge in [0.25, 0.3) is 0 Å². The number of rotatable bonds is 21. The average Bonchev–Trinajstić information content (AvgIpc) is 2.86. The molecule has 18 heteroatoms. The van der Waals surface area contributed by atoms with Gasteiger partial charge in [-0.05, 0) is 45.1 Å². The highest BCUT2D eigenvalue weighted by molar-refractivity contribution is 5.95. The molecule has 0 heterocycles. The van der Waals surface area contributed by atoms with Crippen LogP contribution in [0.5, 0.6) is 0 Å². The molecule has 0 saturated heterocycles. The van der Waals surface area contributed by atoms with Gasteiger partial charge in [0, 0.05) is 13.1 Å². The maximum atomic E-state index is 13.0. The fourth-order valence-electron chi connectivity index (χ4n) is 3.38. The van der Waals surface area contributed by atoms with Crippen molar-refractivity contribution in [3.63, 3.8) is 0 Å². The summed E-state index contributed by atoms with van der Waals surface area (Å²) in [5.74, 6) is -5.67. The van der Waals surface area contributed by atoms with Gasteiger partial charge in [0.15, 0.2) is 11.9 Å². The molecule has 40 heavy (non-hydrogen) atoms. The fourth-order valence-corrected chi connectivity index (χ4v) is 3.38. The molecular weight excluding hydrogens is 530 g/mol. The van der Waals surface area contributed by atoms with Crippen LogP contribution < -0.4 is 50.4 Å². The van der Waals surface area contributed by atoms with E-state index < -0.39 is 60.2 Å². The number of unbranched alkanes of at least 4 members (excludes halogenated alkanes) is 1. The first-order valence-corrected chi connectivity index (χ1v) is 12.7. The second kappa shape index (κ2) is 19.8. The molecule has 228 valence electrons. The van der Waals surface area contributed by atoms with E-state index in [1.54, 1.807) is 0 Å². The second-order valence-corrected chi connectivity index (χ2v) is 8.91. The zero-order valence-corrected chi connectivity index (χ0v) is 22.4. The molecule has 0 aromatic carbocycles. The normalized spacial score (nSPS) is 13.6. The molecule has 0 aromatic heterocycles. The zero-order valence-electron chi connectivity index (χ0n) is 22.4. The van der Waals surface area contributed by atoms with Crippen LogP contribution in [0, 0.1) is 0 Å². The summed E-state index contributed by atoms with van der Waals surface area (Å²) in [5, 5.41) is 25.8. The van der Waals surface area contributed by atoms with Crippen molar-refractivity contribution >= 4 is 41.6 Å². The molecular formula is C22H43N11O7. The number of hydrogen-bond donors (Lipinski definition) is 11. The molecule has 3 amide bonds. The molecule has 0 fully saturated rings. The van der Waals surface area contributed by atoms with Crippen molar-refractivity contribution in [1.82, 2.24) is 16.0 Å². The van der Waals surface area contributed by atoms with Crippen molar-refractivity contribution in [1.29, 1.82) is 0 Å². The Balaban J connectivity index is 5.62. The molecule has 4 unspecified atom stereocenters. The third kappa shape index (κ3) is 16.6. The highest BCUT2D eigenvalue weighted by atomic mass is 16.4. The standard InChI is InChI=1S/C22H43N11O7/c23-8-2-1-5-12(24)17(36)33-15(11-16(34)35)19(38)31-13(6-3-9-29-21(25)26)18(37)32-14(20(39)40)7-4-10-30-22(27)28/h12-15H,1-11,23-24H2,(H,31,38)(H,32,37)(H,33,36)(H,34,35)(H,39,40)(H4,25,26,29)(H4,27,28,30). The minimum absolute atomic E-state index is 0.0216. The van der Waals surface area contributed by atoms with Gasteiger partial charge in [0.1, 0.15) is 18.1 Å². The Labute approximate surface area is 231 Å². The maximum Gasteiger partial charge on any atom is 0.326 e. The summed E-state index contributed by atoms with van der Waals surface area (Å²) in [6.45, 7) is 0.630. The van der Waals surface area contributed by atoms with E-state index in [-0.39, 0.29) is 57.1 Å². The number of nitrogens with two attached hydrogens (primary N) is 6. The third-order valence-electron chi connectivity index (χ3n) is 5.46. The zero-order chi connectivity index (χ0) is 30.7. The summed E-state index contributed by atoms with van der Waals surface area (Å²) in [6.07, 6.45) is 1.01. The first kappa shape index (κ1) is 35.8. The number of carbonyl (C=O) groups excluding carboxylic acids is 3. The topological polar surface area (TPSA) is 343 Å². The number of amides is 3. The monoisotopic (exact) mass is 573 g/mol. The molecule has 18 nitrogen and oxygen atoms in total. The Kier molecular flexibility index (Phi) is 17.7. The van der Waals surface area contributed by atoms with Crippen LogP contribution in [0.25, 0.3) is 0 Å². The second-order valence-electron chi connectivity index (χ2n) is 8.91. The van der Waals surface area contributed by atoms with Gasteiger partial charge in [-0.15, -0.1) is 0 Å². The Bertz CT molecular complexity index is 906. The molecule has 0 saturated carbocycles. The molecule has 17 N–H and O–H groups in total. The lowest BCUT2D eigenvalue weighted by Gasteiger charge is -2.24. The van der Waals surface area contributed by atoms with E-state index in [9.17, 15) is 34.2 Å². The molecule has 0 rings (SSSR count). The predicted molar refractivity (Wildman–Crippen MR) is 146 cm³/mol. The van der Waals surface area contributed by atoms with Gasteiger partial charge in [0.2, 0.25) is 17.7 Å². The van der Waals surface area contributed by atoms with Gasteiger partial charge >= 0.3 is 11.9 Å². The van der Waals surface area contributed by atoms with Crippen LogP contribution in [0.1, 0.15) is 51.4 Å². The lowest BCUT2D eigenvalue weighted by Crippen LogP contribution is -2.57. The number of nitrogens with zero attached hydrogens (tertiary/aromatic N) is 2. The number of carboxylic acid groups (broad SMARTS) is 2. The molecule has 0 aliphatic heterocycles. The van der Waals surface area contributed by atoms with Crippen molar-refractivity contribution in [2.45, 2.75) is 75.5 Å². The molecule has 0 aliphatic rings. The first-order chi connectivity index (χ1) is 18.8. The molecule has 0 spiro atoms. The average molecular weight is 574 g/mol. The highest BCUT2D eigenvalue weighted by Crippen LogP contribution is 2.06. The van der Waals surface area contributed by atoms with Crippen molar-refractivity contribution in [2.75, 3.05) is 19.6 Å².